The van der Waals surface area contributed by atoms with E-state index in [0.717, 1.165) is 36.1 Å². The molecule has 2 heterocycles. The normalized spacial score (nSPS) is 18.7. The lowest BCUT2D eigenvalue weighted by Gasteiger charge is -2.31. The van der Waals surface area contributed by atoms with Crippen LogP contribution < -0.4 is 14.8 Å². The summed E-state index contributed by atoms with van der Waals surface area (Å²) in [5.74, 6) is 3.74. The number of aryl methyl sites for hydroxylation is 1. The predicted octanol–water partition coefficient (Wildman–Crippen LogP) is 3.96. The van der Waals surface area contributed by atoms with Crippen LogP contribution >= 0.6 is 0 Å². The topological polar surface area (TPSA) is 43.6 Å². The molecule has 128 valence electrons. The van der Waals surface area contributed by atoms with E-state index in [0.29, 0.717) is 13.2 Å². The summed E-state index contributed by atoms with van der Waals surface area (Å²) in [5.41, 5.74) is 1.56. The van der Waals surface area contributed by atoms with E-state index in [1.54, 1.807) is 0 Å². The molecule has 24 heavy (non-hydrogen) atoms. The van der Waals surface area contributed by atoms with Gasteiger partial charge in [-0.05, 0) is 49.6 Å². The third-order valence-corrected chi connectivity index (χ3v) is 5.27. The highest BCUT2D eigenvalue weighted by Crippen LogP contribution is 2.43. The second kappa shape index (κ2) is 6.52. The van der Waals surface area contributed by atoms with E-state index in [1.165, 1.54) is 31.2 Å². The van der Waals surface area contributed by atoms with Crippen molar-refractivity contribution in [1.82, 2.24) is 5.32 Å². The number of benzene rings is 1. The van der Waals surface area contributed by atoms with Crippen molar-refractivity contribution in [2.24, 2.45) is 0 Å². The standard InChI is InChI=1S/C20H25NO3/c1-15-4-6-17(24-15)13-21-14-20(8-2-3-9-20)16-5-7-18-19(12-16)23-11-10-22-18/h4-7,12,21H,2-3,8-11,13-14H2,1H3. The van der Waals surface area contributed by atoms with Crippen molar-refractivity contribution < 1.29 is 13.9 Å². The van der Waals surface area contributed by atoms with Gasteiger partial charge in [-0.1, -0.05) is 18.9 Å². The molecule has 2 aromatic rings. The molecule has 1 aliphatic carbocycles. The van der Waals surface area contributed by atoms with Crippen LogP contribution in [0.4, 0.5) is 0 Å². The maximum Gasteiger partial charge on any atom is 0.161 e. The van der Waals surface area contributed by atoms with E-state index in [-0.39, 0.29) is 5.41 Å². The molecule has 2 aliphatic rings. The van der Waals surface area contributed by atoms with Crippen LogP contribution in [0.5, 0.6) is 11.5 Å². The summed E-state index contributed by atoms with van der Waals surface area (Å²) in [6.45, 7) is 5.00. The molecule has 1 aromatic heterocycles. The summed E-state index contributed by atoms with van der Waals surface area (Å²) in [5, 5.41) is 3.61. The number of ether oxygens (including phenoxy) is 2. The number of rotatable bonds is 5. The Hall–Kier alpha value is -1.94. The lowest BCUT2D eigenvalue weighted by Crippen LogP contribution is -2.35. The first kappa shape index (κ1) is 15.6. The first-order valence-corrected chi connectivity index (χ1v) is 8.91. The highest BCUT2D eigenvalue weighted by molar-refractivity contribution is 5.46. The van der Waals surface area contributed by atoms with Crippen molar-refractivity contribution >= 4 is 0 Å². The summed E-state index contributed by atoms with van der Waals surface area (Å²) < 4.78 is 17.1. The molecule has 0 spiro atoms. The number of hydrogen-bond donors (Lipinski definition) is 1. The Kier molecular flexibility index (Phi) is 4.23. The smallest absolute Gasteiger partial charge is 0.161 e. The van der Waals surface area contributed by atoms with Crippen LogP contribution in [0.15, 0.2) is 34.7 Å². The van der Waals surface area contributed by atoms with Crippen molar-refractivity contribution in [2.45, 2.75) is 44.6 Å². The summed E-state index contributed by atoms with van der Waals surface area (Å²) in [6, 6.07) is 10.5. The Morgan fingerprint density at radius 3 is 2.54 bits per heavy atom. The van der Waals surface area contributed by atoms with Gasteiger partial charge in [-0.2, -0.15) is 0 Å². The SMILES string of the molecule is Cc1ccc(CNCC2(c3ccc4c(c3)OCCO4)CCCC2)o1. The van der Waals surface area contributed by atoms with Crippen LogP contribution in [-0.4, -0.2) is 19.8 Å². The van der Waals surface area contributed by atoms with E-state index in [2.05, 4.69) is 23.5 Å². The van der Waals surface area contributed by atoms with Crippen LogP contribution in [-0.2, 0) is 12.0 Å². The van der Waals surface area contributed by atoms with Gasteiger partial charge in [-0.25, -0.2) is 0 Å². The molecule has 0 saturated heterocycles. The fourth-order valence-electron chi connectivity index (χ4n) is 4.00. The van der Waals surface area contributed by atoms with Crippen molar-refractivity contribution in [3.05, 3.63) is 47.4 Å². The number of fused-ring (bicyclic) bond motifs is 1. The van der Waals surface area contributed by atoms with Gasteiger partial charge in [0.05, 0.1) is 6.54 Å². The minimum Gasteiger partial charge on any atom is -0.486 e. The molecule has 1 aliphatic heterocycles. The van der Waals surface area contributed by atoms with Gasteiger partial charge in [-0.15, -0.1) is 0 Å². The molecule has 0 amide bonds. The zero-order valence-electron chi connectivity index (χ0n) is 14.3. The van der Waals surface area contributed by atoms with E-state index in [1.807, 2.05) is 19.1 Å². The fourth-order valence-corrected chi connectivity index (χ4v) is 4.00. The molecule has 4 rings (SSSR count). The molecule has 1 N–H and O–H groups in total. The van der Waals surface area contributed by atoms with Gasteiger partial charge >= 0.3 is 0 Å². The van der Waals surface area contributed by atoms with Crippen molar-refractivity contribution in [1.29, 1.82) is 0 Å². The highest BCUT2D eigenvalue weighted by Gasteiger charge is 2.36. The average Bonchev–Trinajstić information content (AvgIpc) is 3.25. The zero-order valence-corrected chi connectivity index (χ0v) is 14.3. The molecular weight excluding hydrogens is 302 g/mol. The molecule has 0 bridgehead atoms. The number of hydrogen-bond acceptors (Lipinski definition) is 4. The quantitative estimate of drug-likeness (QED) is 0.903. The van der Waals surface area contributed by atoms with E-state index in [4.69, 9.17) is 13.9 Å². The van der Waals surface area contributed by atoms with E-state index >= 15 is 0 Å². The van der Waals surface area contributed by atoms with Gasteiger partial charge in [0.2, 0.25) is 0 Å². The third-order valence-electron chi connectivity index (χ3n) is 5.27. The molecule has 1 saturated carbocycles. The number of furan rings is 1. The second-order valence-electron chi connectivity index (χ2n) is 6.96. The molecule has 4 nitrogen and oxygen atoms in total. The zero-order chi connectivity index (χ0) is 16.4. The maximum atomic E-state index is 5.78. The lowest BCUT2D eigenvalue weighted by molar-refractivity contribution is 0.171. The minimum absolute atomic E-state index is 0.192. The van der Waals surface area contributed by atoms with Crippen LogP contribution in [0.25, 0.3) is 0 Å². The second-order valence-corrected chi connectivity index (χ2v) is 6.96. The van der Waals surface area contributed by atoms with E-state index < -0.39 is 0 Å². The molecular formula is C20H25NO3. The summed E-state index contributed by atoms with van der Waals surface area (Å²) in [4.78, 5) is 0. The summed E-state index contributed by atoms with van der Waals surface area (Å²) in [6.07, 6.45) is 5.01. The largest absolute Gasteiger partial charge is 0.486 e. The minimum atomic E-state index is 0.192. The van der Waals surface area contributed by atoms with Gasteiger partial charge < -0.3 is 19.2 Å². The van der Waals surface area contributed by atoms with Crippen molar-refractivity contribution in [3.63, 3.8) is 0 Å². The first-order chi connectivity index (χ1) is 11.8. The monoisotopic (exact) mass is 327 g/mol. The Bertz CT molecular complexity index is 701. The molecule has 0 unspecified atom stereocenters. The van der Waals surface area contributed by atoms with Gasteiger partial charge in [0.1, 0.15) is 24.7 Å². The van der Waals surface area contributed by atoms with Crippen LogP contribution in [0.1, 0.15) is 42.8 Å². The van der Waals surface area contributed by atoms with Gasteiger partial charge in [0, 0.05) is 12.0 Å². The van der Waals surface area contributed by atoms with Crippen LogP contribution in [0, 0.1) is 6.92 Å². The third kappa shape index (κ3) is 3.03. The molecule has 1 aromatic carbocycles. The van der Waals surface area contributed by atoms with Gasteiger partial charge in [0.15, 0.2) is 11.5 Å². The van der Waals surface area contributed by atoms with Crippen molar-refractivity contribution in [3.8, 4) is 11.5 Å². The fraction of sp³-hybridized carbons (Fsp3) is 0.500. The Morgan fingerprint density at radius 1 is 1.00 bits per heavy atom. The highest BCUT2D eigenvalue weighted by atomic mass is 16.6. The van der Waals surface area contributed by atoms with E-state index in [9.17, 15) is 0 Å². The lowest BCUT2D eigenvalue weighted by atomic mass is 9.78. The summed E-state index contributed by atoms with van der Waals surface area (Å²) in [7, 11) is 0. The summed E-state index contributed by atoms with van der Waals surface area (Å²) >= 11 is 0. The van der Waals surface area contributed by atoms with Gasteiger partial charge in [-0.3, -0.25) is 0 Å². The van der Waals surface area contributed by atoms with Crippen LogP contribution in [0.2, 0.25) is 0 Å². The Labute approximate surface area is 143 Å². The number of nitrogens with one attached hydrogen (secondary N) is 1. The van der Waals surface area contributed by atoms with Crippen molar-refractivity contribution in [2.75, 3.05) is 19.8 Å². The predicted molar refractivity (Wildman–Crippen MR) is 92.7 cm³/mol. The average molecular weight is 327 g/mol. The first-order valence-electron chi connectivity index (χ1n) is 8.91. The molecule has 1 fully saturated rings. The van der Waals surface area contributed by atoms with Gasteiger partial charge in [0.25, 0.3) is 0 Å². The van der Waals surface area contributed by atoms with Crippen LogP contribution in [0.3, 0.4) is 0 Å². The molecule has 4 heteroatoms. The molecule has 0 radical (unpaired) electrons. The maximum absolute atomic E-state index is 5.78. The Morgan fingerprint density at radius 2 is 1.79 bits per heavy atom. The Balaban J connectivity index is 1.50. The molecule has 0 atom stereocenters.